The average Bonchev–Trinajstić information content (AvgIpc) is 2.39. The van der Waals surface area contributed by atoms with Crippen molar-refractivity contribution >= 4 is 21.8 Å². The Morgan fingerprint density at radius 1 is 1.41 bits per heavy atom. The lowest BCUT2D eigenvalue weighted by atomic mass is 9.99. The number of carbonyl (C=O) groups excluding carboxylic acids is 1. The number of benzene rings is 1. The van der Waals surface area contributed by atoms with Gasteiger partial charge in [0.2, 0.25) is 5.91 Å². The normalized spacial score (nSPS) is 19.9. The van der Waals surface area contributed by atoms with Crippen molar-refractivity contribution in [2.45, 2.75) is 19.4 Å². The van der Waals surface area contributed by atoms with Gasteiger partial charge in [-0.2, -0.15) is 0 Å². The molecular weight excluding hydrogens is 280 g/mol. The Morgan fingerprint density at radius 3 is 2.82 bits per heavy atom. The Bertz CT molecular complexity index is 372. The molecule has 0 aliphatic carbocycles. The fourth-order valence-corrected chi connectivity index (χ4v) is 2.28. The molecular formula is C13H17BrN2O. The zero-order valence-electron chi connectivity index (χ0n) is 9.71. The van der Waals surface area contributed by atoms with Gasteiger partial charge in [-0.15, -0.1) is 0 Å². The molecule has 1 aliphatic heterocycles. The molecule has 0 saturated carbocycles. The molecule has 1 aliphatic rings. The van der Waals surface area contributed by atoms with E-state index < -0.39 is 0 Å². The summed E-state index contributed by atoms with van der Waals surface area (Å²) in [6.07, 6.45) is 2.09. The summed E-state index contributed by atoms with van der Waals surface area (Å²) >= 11 is 3.39. The molecule has 1 aromatic rings. The van der Waals surface area contributed by atoms with Crippen molar-refractivity contribution in [1.29, 1.82) is 0 Å². The van der Waals surface area contributed by atoms with Gasteiger partial charge in [-0.05, 0) is 37.1 Å². The summed E-state index contributed by atoms with van der Waals surface area (Å²) < 4.78 is 1.06. The van der Waals surface area contributed by atoms with Gasteiger partial charge >= 0.3 is 0 Å². The maximum atomic E-state index is 11.9. The third-order valence-corrected chi connectivity index (χ3v) is 3.58. The van der Waals surface area contributed by atoms with Crippen LogP contribution in [0.4, 0.5) is 0 Å². The van der Waals surface area contributed by atoms with Crippen LogP contribution in [0, 0.1) is 5.92 Å². The standard InChI is InChI=1S/C13H17BrN2O/c14-12-5-3-10(4-6-12)8-16-13(17)11-2-1-7-15-9-11/h3-6,11,15H,1-2,7-9H2,(H,16,17)/t11-/m0/s1. The summed E-state index contributed by atoms with van der Waals surface area (Å²) in [6, 6.07) is 8.01. The van der Waals surface area contributed by atoms with Gasteiger partial charge in [0.25, 0.3) is 0 Å². The third kappa shape index (κ3) is 3.82. The number of hydrogen-bond donors (Lipinski definition) is 2. The quantitative estimate of drug-likeness (QED) is 0.896. The first kappa shape index (κ1) is 12.6. The molecule has 3 nitrogen and oxygen atoms in total. The second kappa shape index (κ2) is 6.17. The highest BCUT2D eigenvalue weighted by Crippen LogP contribution is 2.12. The second-order valence-electron chi connectivity index (χ2n) is 4.39. The van der Waals surface area contributed by atoms with E-state index in [0.717, 1.165) is 36.0 Å². The predicted molar refractivity (Wildman–Crippen MR) is 71.6 cm³/mol. The van der Waals surface area contributed by atoms with Gasteiger partial charge in [-0.1, -0.05) is 28.1 Å². The topological polar surface area (TPSA) is 41.1 Å². The second-order valence-corrected chi connectivity index (χ2v) is 5.30. The van der Waals surface area contributed by atoms with Crippen molar-refractivity contribution in [2.24, 2.45) is 5.92 Å². The van der Waals surface area contributed by atoms with Crippen molar-refractivity contribution in [2.75, 3.05) is 13.1 Å². The molecule has 0 spiro atoms. The summed E-state index contributed by atoms with van der Waals surface area (Å²) in [4.78, 5) is 11.9. The summed E-state index contributed by atoms with van der Waals surface area (Å²) in [5, 5.41) is 6.25. The van der Waals surface area contributed by atoms with Crippen molar-refractivity contribution in [3.8, 4) is 0 Å². The number of rotatable bonds is 3. The van der Waals surface area contributed by atoms with E-state index in [2.05, 4.69) is 26.6 Å². The van der Waals surface area contributed by atoms with Crippen LogP contribution in [0.3, 0.4) is 0 Å². The minimum Gasteiger partial charge on any atom is -0.352 e. The zero-order valence-corrected chi connectivity index (χ0v) is 11.3. The highest BCUT2D eigenvalue weighted by molar-refractivity contribution is 9.10. The Morgan fingerprint density at radius 2 is 2.18 bits per heavy atom. The van der Waals surface area contributed by atoms with E-state index in [9.17, 15) is 4.79 Å². The molecule has 1 atom stereocenters. The largest absolute Gasteiger partial charge is 0.352 e. The average molecular weight is 297 g/mol. The van der Waals surface area contributed by atoms with Crippen LogP contribution < -0.4 is 10.6 Å². The molecule has 92 valence electrons. The van der Waals surface area contributed by atoms with E-state index in [0.29, 0.717) is 6.54 Å². The number of hydrogen-bond acceptors (Lipinski definition) is 2. The Hall–Kier alpha value is -0.870. The van der Waals surface area contributed by atoms with Crippen LogP contribution in [-0.2, 0) is 11.3 Å². The SMILES string of the molecule is O=C(NCc1ccc(Br)cc1)[C@H]1CCCNC1. The van der Waals surface area contributed by atoms with Crippen LogP contribution in [0.2, 0.25) is 0 Å². The van der Waals surface area contributed by atoms with Gasteiger partial charge in [0.05, 0.1) is 5.92 Å². The van der Waals surface area contributed by atoms with Crippen LogP contribution in [0.25, 0.3) is 0 Å². The Kier molecular flexibility index (Phi) is 4.57. The molecule has 2 N–H and O–H groups in total. The lowest BCUT2D eigenvalue weighted by Crippen LogP contribution is -2.40. The Balaban J connectivity index is 1.81. The monoisotopic (exact) mass is 296 g/mol. The fraction of sp³-hybridized carbons (Fsp3) is 0.462. The van der Waals surface area contributed by atoms with Gasteiger partial charge in [0.15, 0.2) is 0 Å². The minimum absolute atomic E-state index is 0.138. The Labute approximate surface area is 110 Å². The number of carbonyl (C=O) groups is 1. The van der Waals surface area contributed by atoms with Gasteiger partial charge in [0, 0.05) is 17.6 Å². The molecule has 1 saturated heterocycles. The first-order chi connectivity index (χ1) is 8.25. The van der Waals surface area contributed by atoms with E-state index in [1.807, 2.05) is 24.3 Å². The van der Waals surface area contributed by atoms with Crippen molar-refractivity contribution in [3.63, 3.8) is 0 Å². The van der Waals surface area contributed by atoms with Crippen LogP contribution in [0.15, 0.2) is 28.7 Å². The minimum atomic E-state index is 0.138. The van der Waals surface area contributed by atoms with Crippen LogP contribution in [0.1, 0.15) is 18.4 Å². The van der Waals surface area contributed by atoms with Crippen molar-refractivity contribution in [1.82, 2.24) is 10.6 Å². The molecule has 1 fully saturated rings. The molecule has 1 aromatic carbocycles. The number of nitrogens with one attached hydrogen (secondary N) is 2. The maximum Gasteiger partial charge on any atom is 0.224 e. The molecule has 4 heteroatoms. The smallest absolute Gasteiger partial charge is 0.224 e. The lowest BCUT2D eigenvalue weighted by molar-refractivity contribution is -0.125. The summed E-state index contributed by atoms with van der Waals surface area (Å²) in [7, 11) is 0. The van der Waals surface area contributed by atoms with Crippen molar-refractivity contribution < 1.29 is 4.79 Å². The van der Waals surface area contributed by atoms with Gasteiger partial charge in [-0.25, -0.2) is 0 Å². The van der Waals surface area contributed by atoms with Crippen LogP contribution in [0.5, 0.6) is 0 Å². The molecule has 1 amide bonds. The van der Waals surface area contributed by atoms with Gasteiger partial charge < -0.3 is 10.6 Å². The fourth-order valence-electron chi connectivity index (χ4n) is 2.01. The molecule has 0 unspecified atom stereocenters. The van der Waals surface area contributed by atoms with Gasteiger partial charge in [-0.3, -0.25) is 4.79 Å². The van der Waals surface area contributed by atoms with Crippen LogP contribution >= 0.6 is 15.9 Å². The molecule has 0 aromatic heterocycles. The van der Waals surface area contributed by atoms with E-state index in [1.165, 1.54) is 0 Å². The number of piperidine rings is 1. The summed E-state index contributed by atoms with van der Waals surface area (Å²) in [5.41, 5.74) is 1.13. The van der Waals surface area contributed by atoms with E-state index in [4.69, 9.17) is 0 Å². The maximum absolute atomic E-state index is 11.9. The lowest BCUT2D eigenvalue weighted by Gasteiger charge is -2.21. The van der Waals surface area contributed by atoms with Gasteiger partial charge in [0.1, 0.15) is 0 Å². The molecule has 2 rings (SSSR count). The van der Waals surface area contributed by atoms with E-state index in [-0.39, 0.29) is 11.8 Å². The molecule has 0 radical (unpaired) electrons. The zero-order chi connectivity index (χ0) is 12.1. The first-order valence-electron chi connectivity index (χ1n) is 5.98. The van der Waals surface area contributed by atoms with E-state index >= 15 is 0 Å². The van der Waals surface area contributed by atoms with Crippen molar-refractivity contribution in [3.05, 3.63) is 34.3 Å². The highest BCUT2D eigenvalue weighted by Gasteiger charge is 2.20. The van der Waals surface area contributed by atoms with E-state index in [1.54, 1.807) is 0 Å². The third-order valence-electron chi connectivity index (χ3n) is 3.05. The van der Waals surface area contributed by atoms with Crippen LogP contribution in [-0.4, -0.2) is 19.0 Å². The summed E-state index contributed by atoms with van der Waals surface area (Å²) in [6.45, 7) is 2.46. The predicted octanol–water partition coefficient (Wildman–Crippen LogP) is 2.06. The molecule has 1 heterocycles. The summed E-state index contributed by atoms with van der Waals surface area (Å²) in [5.74, 6) is 0.305. The molecule has 17 heavy (non-hydrogen) atoms. The molecule has 0 bridgehead atoms. The number of amides is 1. The number of halogens is 1. The highest BCUT2D eigenvalue weighted by atomic mass is 79.9. The first-order valence-corrected chi connectivity index (χ1v) is 6.78.